The first-order chi connectivity index (χ1) is 13.7. The molecule has 1 aromatic rings. The van der Waals surface area contributed by atoms with E-state index in [0.29, 0.717) is 26.1 Å². The molecule has 0 aromatic heterocycles. The van der Waals surface area contributed by atoms with Crippen molar-refractivity contribution in [3.05, 3.63) is 29.8 Å². The van der Waals surface area contributed by atoms with Gasteiger partial charge in [-0.2, -0.15) is 0 Å². The molecule has 1 aromatic carbocycles. The molecule has 2 saturated heterocycles. The van der Waals surface area contributed by atoms with Gasteiger partial charge in [0.1, 0.15) is 11.9 Å². The average Bonchev–Trinajstić information content (AvgIpc) is 2.88. The van der Waals surface area contributed by atoms with Gasteiger partial charge in [0.15, 0.2) is 0 Å². The molecule has 2 aliphatic heterocycles. The summed E-state index contributed by atoms with van der Waals surface area (Å²) in [6.07, 6.45) is 1.83. The van der Waals surface area contributed by atoms with Crippen LogP contribution in [0.4, 0.5) is 10.5 Å². The number of rotatable bonds is 4. The molecule has 2 fully saturated rings. The molecule has 2 heterocycles. The van der Waals surface area contributed by atoms with Crippen molar-refractivity contribution in [3.8, 4) is 0 Å². The van der Waals surface area contributed by atoms with Crippen LogP contribution in [-0.4, -0.2) is 66.4 Å². The quantitative estimate of drug-likeness (QED) is 0.726. The van der Waals surface area contributed by atoms with Crippen molar-refractivity contribution in [2.45, 2.75) is 45.8 Å². The van der Waals surface area contributed by atoms with E-state index in [2.05, 4.69) is 4.90 Å². The number of amides is 2. The summed E-state index contributed by atoms with van der Waals surface area (Å²) in [6.45, 7) is 10.00. The molecular weight excluding hydrogens is 370 g/mol. The Kier molecular flexibility index (Phi) is 6.57. The maximum atomic E-state index is 12.3. The van der Waals surface area contributed by atoms with Crippen LogP contribution in [0.5, 0.6) is 0 Å². The standard InChI is InChI=1S/C22H31N3O4/c1-22(2,3)29-21(28)24-10-4-9-23(11-12-24)14-17-5-7-19(8-6-17)25-15-18(16-26)13-20(25)27/h5-8,16,18H,4,9-15H2,1-3H3. The number of carbonyl (C=O) groups is 3. The fourth-order valence-corrected chi connectivity index (χ4v) is 3.75. The highest BCUT2D eigenvalue weighted by Gasteiger charge is 2.30. The molecule has 0 spiro atoms. The fraction of sp³-hybridized carbons (Fsp3) is 0.591. The van der Waals surface area contributed by atoms with Crippen LogP contribution < -0.4 is 4.90 Å². The molecule has 7 nitrogen and oxygen atoms in total. The predicted molar refractivity (Wildman–Crippen MR) is 111 cm³/mol. The number of ether oxygens (including phenoxy) is 1. The summed E-state index contributed by atoms with van der Waals surface area (Å²) in [7, 11) is 0. The van der Waals surface area contributed by atoms with Gasteiger partial charge in [0.05, 0.1) is 0 Å². The lowest BCUT2D eigenvalue weighted by atomic mass is 10.1. The zero-order valence-electron chi connectivity index (χ0n) is 17.6. The Balaban J connectivity index is 1.53. The zero-order chi connectivity index (χ0) is 21.0. The Bertz CT molecular complexity index is 741. The highest BCUT2D eigenvalue weighted by atomic mass is 16.6. The number of aldehydes is 1. The second-order valence-corrected chi connectivity index (χ2v) is 8.87. The summed E-state index contributed by atoms with van der Waals surface area (Å²) >= 11 is 0. The number of hydrogen-bond donors (Lipinski definition) is 0. The smallest absolute Gasteiger partial charge is 0.410 e. The van der Waals surface area contributed by atoms with Crippen molar-refractivity contribution < 1.29 is 19.1 Å². The van der Waals surface area contributed by atoms with E-state index in [1.807, 2.05) is 45.0 Å². The Hall–Kier alpha value is -2.41. The van der Waals surface area contributed by atoms with Gasteiger partial charge in [-0.3, -0.25) is 9.69 Å². The lowest BCUT2D eigenvalue weighted by Crippen LogP contribution is -2.39. The van der Waals surface area contributed by atoms with Gasteiger partial charge in [-0.1, -0.05) is 12.1 Å². The molecule has 0 saturated carbocycles. The molecule has 29 heavy (non-hydrogen) atoms. The molecule has 158 valence electrons. The normalized spacial score (nSPS) is 21.2. The van der Waals surface area contributed by atoms with Crippen LogP contribution in [0.2, 0.25) is 0 Å². The van der Waals surface area contributed by atoms with E-state index < -0.39 is 5.60 Å². The van der Waals surface area contributed by atoms with Gasteiger partial charge >= 0.3 is 6.09 Å². The molecule has 1 atom stereocenters. The van der Waals surface area contributed by atoms with Gasteiger partial charge in [0.2, 0.25) is 5.91 Å². The molecule has 7 heteroatoms. The maximum absolute atomic E-state index is 12.3. The summed E-state index contributed by atoms with van der Waals surface area (Å²) in [5.41, 5.74) is 1.53. The van der Waals surface area contributed by atoms with E-state index in [4.69, 9.17) is 4.74 Å². The van der Waals surface area contributed by atoms with Gasteiger partial charge in [0, 0.05) is 57.3 Å². The Labute approximate surface area is 172 Å². The van der Waals surface area contributed by atoms with Crippen molar-refractivity contribution in [1.82, 2.24) is 9.80 Å². The monoisotopic (exact) mass is 401 g/mol. The van der Waals surface area contributed by atoms with Crippen molar-refractivity contribution >= 4 is 24.0 Å². The van der Waals surface area contributed by atoms with Crippen LogP contribution in [0.1, 0.15) is 39.2 Å². The summed E-state index contributed by atoms with van der Waals surface area (Å²) in [5.74, 6) is -0.197. The van der Waals surface area contributed by atoms with Crippen LogP contribution in [0.3, 0.4) is 0 Å². The second kappa shape index (κ2) is 8.95. The van der Waals surface area contributed by atoms with Gasteiger partial charge in [0.25, 0.3) is 0 Å². The first kappa shape index (κ1) is 21.3. The number of nitrogens with zero attached hydrogens (tertiary/aromatic N) is 3. The van der Waals surface area contributed by atoms with E-state index in [0.717, 1.165) is 43.6 Å². The molecule has 2 aliphatic rings. The number of hydrogen-bond acceptors (Lipinski definition) is 5. The number of benzene rings is 1. The van der Waals surface area contributed by atoms with E-state index in [1.165, 1.54) is 0 Å². The zero-order valence-corrected chi connectivity index (χ0v) is 17.6. The third-order valence-electron chi connectivity index (χ3n) is 5.24. The van der Waals surface area contributed by atoms with E-state index >= 15 is 0 Å². The van der Waals surface area contributed by atoms with E-state index in [1.54, 1.807) is 9.80 Å². The summed E-state index contributed by atoms with van der Waals surface area (Å²) < 4.78 is 5.49. The summed E-state index contributed by atoms with van der Waals surface area (Å²) in [6, 6.07) is 7.97. The van der Waals surface area contributed by atoms with E-state index in [-0.39, 0.29) is 17.9 Å². The van der Waals surface area contributed by atoms with Gasteiger partial charge in [-0.05, 0) is 44.9 Å². The molecule has 0 N–H and O–H groups in total. The molecule has 0 radical (unpaired) electrons. The van der Waals surface area contributed by atoms with Crippen molar-refractivity contribution in [2.75, 3.05) is 37.6 Å². The molecule has 3 rings (SSSR count). The van der Waals surface area contributed by atoms with Gasteiger partial charge in [-0.15, -0.1) is 0 Å². The predicted octanol–water partition coefficient (Wildman–Crippen LogP) is 2.68. The molecule has 0 bridgehead atoms. The highest BCUT2D eigenvalue weighted by Crippen LogP contribution is 2.25. The summed E-state index contributed by atoms with van der Waals surface area (Å²) in [4.78, 5) is 41.1. The first-order valence-electron chi connectivity index (χ1n) is 10.3. The Morgan fingerprint density at radius 2 is 1.86 bits per heavy atom. The second-order valence-electron chi connectivity index (χ2n) is 8.87. The minimum absolute atomic E-state index is 0.00426. The maximum Gasteiger partial charge on any atom is 0.410 e. The van der Waals surface area contributed by atoms with Gasteiger partial charge < -0.3 is 19.3 Å². The van der Waals surface area contributed by atoms with Crippen molar-refractivity contribution in [1.29, 1.82) is 0 Å². The lowest BCUT2D eigenvalue weighted by Gasteiger charge is -2.26. The molecule has 1 unspecified atom stereocenters. The SMILES string of the molecule is CC(C)(C)OC(=O)N1CCCN(Cc2ccc(N3CC(C=O)CC3=O)cc2)CC1. The lowest BCUT2D eigenvalue weighted by molar-refractivity contribution is -0.119. The van der Waals surface area contributed by atoms with Crippen LogP contribution in [0, 0.1) is 5.92 Å². The number of carbonyl (C=O) groups excluding carboxylic acids is 3. The topological polar surface area (TPSA) is 70.2 Å². The van der Waals surface area contributed by atoms with Crippen molar-refractivity contribution in [2.24, 2.45) is 5.92 Å². The third kappa shape index (κ3) is 5.79. The third-order valence-corrected chi connectivity index (χ3v) is 5.24. The van der Waals surface area contributed by atoms with E-state index in [9.17, 15) is 14.4 Å². The minimum atomic E-state index is -0.479. The van der Waals surface area contributed by atoms with Crippen molar-refractivity contribution in [3.63, 3.8) is 0 Å². The van der Waals surface area contributed by atoms with Crippen LogP contribution in [0.25, 0.3) is 0 Å². The van der Waals surface area contributed by atoms with Crippen LogP contribution in [-0.2, 0) is 20.9 Å². The molecule has 0 aliphatic carbocycles. The highest BCUT2D eigenvalue weighted by molar-refractivity contribution is 5.97. The fourth-order valence-electron chi connectivity index (χ4n) is 3.75. The molecular formula is C22H31N3O4. The van der Waals surface area contributed by atoms with Crippen LogP contribution in [0.15, 0.2) is 24.3 Å². The molecule has 2 amide bonds. The van der Waals surface area contributed by atoms with Gasteiger partial charge in [-0.25, -0.2) is 4.79 Å². The average molecular weight is 402 g/mol. The largest absolute Gasteiger partial charge is 0.444 e. The first-order valence-corrected chi connectivity index (χ1v) is 10.3. The van der Waals surface area contributed by atoms with Crippen LogP contribution >= 0.6 is 0 Å². The number of anilines is 1. The minimum Gasteiger partial charge on any atom is -0.444 e. The summed E-state index contributed by atoms with van der Waals surface area (Å²) in [5, 5.41) is 0. The Morgan fingerprint density at radius 3 is 2.48 bits per heavy atom. The Morgan fingerprint density at radius 1 is 1.14 bits per heavy atom.